The summed E-state index contributed by atoms with van der Waals surface area (Å²) in [6.45, 7) is 9.44. The number of esters is 2. The quantitative estimate of drug-likeness (QED) is 0.161. The second-order valence-corrected chi connectivity index (χ2v) is 13.4. The molecule has 46 heavy (non-hydrogen) atoms. The summed E-state index contributed by atoms with van der Waals surface area (Å²) in [6, 6.07) is 27.9. The number of ether oxygens (including phenoxy) is 2. The number of nitrogens with one attached hydrogen (secondary N) is 1. The summed E-state index contributed by atoms with van der Waals surface area (Å²) in [5.74, 6) is -2.83. The van der Waals surface area contributed by atoms with Gasteiger partial charge in [0.1, 0.15) is 12.2 Å². The zero-order valence-corrected chi connectivity index (χ0v) is 27.9. The number of carbonyl (C=O) groups is 4. The van der Waals surface area contributed by atoms with Crippen LogP contribution >= 0.6 is 0 Å². The molecule has 0 aliphatic rings. The molecule has 0 heterocycles. The van der Waals surface area contributed by atoms with Crippen LogP contribution in [0.25, 0.3) is 0 Å². The minimum Gasteiger partial charge on any atom is -0.461 e. The first-order chi connectivity index (χ1) is 21.9. The van der Waals surface area contributed by atoms with E-state index in [1.54, 1.807) is 20.8 Å². The van der Waals surface area contributed by atoms with Gasteiger partial charge in [-0.25, -0.2) is 0 Å². The van der Waals surface area contributed by atoms with Gasteiger partial charge in [-0.3, -0.25) is 19.2 Å². The van der Waals surface area contributed by atoms with Gasteiger partial charge >= 0.3 is 11.9 Å². The molecule has 0 saturated carbocycles. The third-order valence-corrected chi connectivity index (χ3v) is 7.57. The molecule has 0 unspecified atom stereocenters. The number of carbonyl (C=O) groups excluding carboxylic acids is 4. The molecular weight excluding hydrogens is 578 g/mol. The van der Waals surface area contributed by atoms with Crippen LogP contribution in [0.5, 0.6) is 0 Å². The Morgan fingerprint density at radius 2 is 1.26 bits per heavy atom. The first-order valence-corrected chi connectivity index (χ1v) is 16.2. The third-order valence-electron chi connectivity index (χ3n) is 7.57. The summed E-state index contributed by atoms with van der Waals surface area (Å²) in [6.07, 6.45) is 1.57. The predicted molar refractivity (Wildman–Crippen MR) is 180 cm³/mol. The molecule has 0 spiro atoms. The lowest BCUT2D eigenvalue weighted by molar-refractivity contribution is -0.157. The number of hydrogen-bond acceptors (Lipinski definition) is 6. The largest absolute Gasteiger partial charge is 0.461 e. The Labute approximate surface area is 274 Å². The lowest BCUT2D eigenvalue weighted by Crippen LogP contribution is -2.46. The van der Waals surface area contributed by atoms with Gasteiger partial charge in [0.25, 0.3) is 0 Å². The molecule has 246 valence electrons. The van der Waals surface area contributed by atoms with Crippen molar-refractivity contribution in [3.63, 3.8) is 0 Å². The Balaban J connectivity index is 1.77. The molecule has 0 aromatic heterocycles. The number of ketones is 1. The van der Waals surface area contributed by atoms with E-state index in [4.69, 9.17) is 9.47 Å². The molecule has 1 amide bonds. The Bertz CT molecular complexity index is 1380. The smallest absolute Gasteiger partial charge is 0.310 e. The van der Waals surface area contributed by atoms with Crippen molar-refractivity contribution in [3.8, 4) is 0 Å². The molecule has 7 nitrogen and oxygen atoms in total. The maximum atomic E-state index is 13.9. The summed E-state index contributed by atoms with van der Waals surface area (Å²) < 4.78 is 11.2. The van der Waals surface area contributed by atoms with E-state index in [1.807, 2.05) is 105 Å². The lowest BCUT2D eigenvalue weighted by atomic mass is 9.89. The molecular formula is C39H49NO6. The minimum absolute atomic E-state index is 0.0824. The topological polar surface area (TPSA) is 98.8 Å². The summed E-state index contributed by atoms with van der Waals surface area (Å²) in [5.41, 5.74) is 2.14. The van der Waals surface area contributed by atoms with Crippen LogP contribution in [0.4, 0.5) is 0 Å². The van der Waals surface area contributed by atoms with Crippen molar-refractivity contribution < 1.29 is 28.7 Å². The van der Waals surface area contributed by atoms with Crippen LogP contribution in [-0.4, -0.2) is 35.3 Å². The average Bonchev–Trinajstić information content (AvgIpc) is 3.01. The van der Waals surface area contributed by atoms with Gasteiger partial charge in [0.15, 0.2) is 5.78 Å². The van der Waals surface area contributed by atoms with Gasteiger partial charge in [-0.1, -0.05) is 105 Å². The molecule has 3 rings (SSSR count). The van der Waals surface area contributed by atoms with E-state index in [0.29, 0.717) is 25.7 Å². The standard InChI is InChI=1S/C39H49NO6/c1-28(2)23-34(40-37(43)32(26-36(42)46-39(3,4)5)22-21-29-15-9-6-10-16-29)35(41)25-33(24-30-17-11-7-12-18-30)38(44)45-27-31-19-13-8-14-20-31/h6-20,28,32-34H,21-27H2,1-5H3,(H,40,43)/t32-,33-,34+/m1/s1. The van der Waals surface area contributed by atoms with Crippen molar-refractivity contribution in [2.24, 2.45) is 17.8 Å². The number of aryl methyl sites for hydroxylation is 1. The molecule has 3 aromatic rings. The summed E-state index contributed by atoms with van der Waals surface area (Å²) >= 11 is 0. The van der Waals surface area contributed by atoms with Crippen molar-refractivity contribution in [2.45, 2.75) is 91.4 Å². The van der Waals surface area contributed by atoms with Crippen molar-refractivity contribution in [1.82, 2.24) is 5.32 Å². The highest BCUT2D eigenvalue weighted by Crippen LogP contribution is 2.21. The van der Waals surface area contributed by atoms with Gasteiger partial charge < -0.3 is 14.8 Å². The highest BCUT2D eigenvalue weighted by Gasteiger charge is 2.32. The molecule has 3 aromatic carbocycles. The number of benzene rings is 3. The molecule has 3 atom stereocenters. The fraction of sp³-hybridized carbons (Fsp3) is 0.436. The fourth-order valence-electron chi connectivity index (χ4n) is 5.30. The normalized spacial score (nSPS) is 13.3. The van der Waals surface area contributed by atoms with Gasteiger partial charge in [-0.15, -0.1) is 0 Å². The van der Waals surface area contributed by atoms with Crippen LogP contribution in [0, 0.1) is 17.8 Å². The highest BCUT2D eigenvalue weighted by molar-refractivity contribution is 5.93. The number of amides is 1. The van der Waals surface area contributed by atoms with Crippen LogP contribution in [0.1, 0.15) is 77.0 Å². The van der Waals surface area contributed by atoms with Crippen molar-refractivity contribution in [2.75, 3.05) is 0 Å². The highest BCUT2D eigenvalue weighted by atomic mass is 16.6. The molecule has 0 aliphatic carbocycles. The Morgan fingerprint density at radius 1 is 0.717 bits per heavy atom. The number of rotatable bonds is 17. The van der Waals surface area contributed by atoms with Crippen molar-refractivity contribution in [3.05, 3.63) is 108 Å². The van der Waals surface area contributed by atoms with Crippen molar-refractivity contribution in [1.29, 1.82) is 0 Å². The molecule has 0 fully saturated rings. The summed E-state index contributed by atoms with van der Waals surface area (Å²) in [7, 11) is 0. The van der Waals surface area contributed by atoms with Crippen LogP contribution in [0.3, 0.4) is 0 Å². The van der Waals surface area contributed by atoms with Gasteiger partial charge in [-0.2, -0.15) is 0 Å². The van der Waals surface area contributed by atoms with Crippen LogP contribution < -0.4 is 5.32 Å². The SMILES string of the molecule is CC(C)C[C@H](NC(=O)[C@H](CCc1ccccc1)CC(=O)OC(C)(C)C)C(=O)C[C@@H](Cc1ccccc1)C(=O)OCc1ccccc1. The fourth-order valence-corrected chi connectivity index (χ4v) is 5.30. The predicted octanol–water partition coefficient (Wildman–Crippen LogP) is 7.06. The second-order valence-electron chi connectivity index (χ2n) is 13.4. The van der Waals surface area contributed by atoms with Crippen LogP contribution in [0.15, 0.2) is 91.0 Å². The maximum absolute atomic E-state index is 13.9. The van der Waals surface area contributed by atoms with Gasteiger partial charge in [0, 0.05) is 12.3 Å². The van der Waals surface area contributed by atoms with Gasteiger partial charge in [0.2, 0.25) is 5.91 Å². The molecule has 1 N–H and O–H groups in total. The first-order valence-electron chi connectivity index (χ1n) is 16.2. The Hall–Kier alpha value is -4.26. The molecule has 0 radical (unpaired) electrons. The molecule has 0 aliphatic heterocycles. The second kappa shape index (κ2) is 18.0. The zero-order chi connectivity index (χ0) is 33.5. The Morgan fingerprint density at radius 3 is 1.80 bits per heavy atom. The van der Waals surface area contributed by atoms with E-state index in [0.717, 1.165) is 16.7 Å². The van der Waals surface area contributed by atoms with E-state index < -0.39 is 35.4 Å². The average molecular weight is 628 g/mol. The molecule has 0 bridgehead atoms. The first kappa shape index (κ1) is 36.2. The van der Waals surface area contributed by atoms with Gasteiger partial charge in [-0.05, 0) is 69.1 Å². The zero-order valence-electron chi connectivity index (χ0n) is 27.9. The van der Waals surface area contributed by atoms with Gasteiger partial charge in [0.05, 0.1) is 18.4 Å². The molecule has 7 heteroatoms. The van der Waals surface area contributed by atoms with E-state index in [1.165, 1.54) is 0 Å². The van der Waals surface area contributed by atoms with E-state index >= 15 is 0 Å². The van der Waals surface area contributed by atoms with Crippen LogP contribution in [0.2, 0.25) is 0 Å². The lowest BCUT2D eigenvalue weighted by Gasteiger charge is -2.26. The van der Waals surface area contributed by atoms with E-state index in [9.17, 15) is 19.2 Å². The van der Waals surface area contributed by atoms with E-state index in [-0.39, 0.29) is 37.1 Å². The van der Waals surface area contributed by atoms with Crippen molar-refractivity contribution >= 4 is 23.6 Å². The Kier molecular flexibility index (Phi) is 14.2. The third kappa shape index (κ3) is 13.4. The van der Waals surface area contributed by atoms with Crippen LogP contribution in [-0.2, 0) is 48.1 Å². The van der Waals surface area contributed by atoms with E-state index in [2.05, 4.69) is 5.32 Å². The minimum atomic E-state index is -0.814. The number of Topliss-reactive ketones (excluding diaryl/α,β-unsaturated/α-hetero) is 1. The maximum Gasteiger partial charge on any atom is 0.310 e. The molecule has 0 saturated heterocycles. The monoisotopic (exact) mass is 627 g/mol. The number of hydrogen-bond donors (Lipinski definition) is 1. The summed E-state index contributed by atoms with van der Waals surface area (Å²) in [4.78, 5) is 53.9. The summed E-state index contributed by atoms with van der Waals surface area (Å²) in [5, 5.41) is 2.97.